The van der Waals surface area contributed by atoms with Crippen LogP contribution in [0.15, 0.2) is 6.07 Å². The fourth-order valence-corrected chi connectivity index (χ4v) is 1.68. The van der Waals surface area contributed by atoms with E-state index in [-0.39, 0.29) is 0 Å². The molecule has 2 nitrogen and oxygen atoms in total. The second-order valence-corrected chi connectivity index (χ2v) is 3.18. The molecule has 11 heavy (non-hydrogen) atoms. The molecule has 0 saturated heterocycles. The molecule has 1 aliphatic rings. The van der Waals surface area contributed by atoms with E-state index in [2.05, 4.69) is 17.2 Å². The topological polar surface area (TPSA) is 24.9 Å². The number of nitrogens with zero attached hydrogens (tertiary/aromatic N) is 1. The van der Waals surface area contributed by atoms with Gasteiger partial charge < -0.3 is 5.32 Å². The molecule has 0 aromatic carbocycles. The SMILES string of the molecule is Cc1cc(Cl)nc2c1CNC2. The van der Waals surface area contributed by atoms with Crippen molar-refractivity contribution in [3.63, 3.8) is 0 Å². The average Bonchev–Trinajstić information content (AvgIpc) is 2.34. The van der Waals surface area contributed by atoms with Crippen LogP contribution in [0.5, 0.6) is 0 Å². The third kappa shape index (κ3) is 1.12. The molecule has 0 aliphatic carbocycles. The Bertz CT molecular complexity index is 296. The molecule has 0 atom stereocenters. The van der Waals surface area contributed by atoms with Crippen molar-refractivity contribution in [1.82, 2.24) is 10.3 Å². The van der Waals surface area contributed by atoms with Gasteiger partial charge in [-0.15, -0.1) is 0 Å². The second-order valence-electron chi connectivity index (χ2n) is 2.79. The van der Waals surface area contributed by atoms with Crippen LogP contribution < -0.4 is 5.32 Å². The Labute approximate surface area is 70.6 Å². The van der Waals surface area contributed by atoms with E-state index in [0.717, 1.165) is 18.8 Å². The molecule has 1 aromatic rings. The van der Waals surface area contributed by atoms with Crippen LogP contribution in [-0.2, 0) is 13.1 Å². The minimum absolute atomic E-state index is 0.602. The summed E-state index contributed by atoms with van der Waals surface area (Å²) in [4.78, 5) is 4.22. The monoisotopic (exact) mass is 168 g/mol. The van der Waals surface area contributed by atoms with Crippen LogP contribution >= 0.6 is 11.6 Å². The van der Waals surface area contributed by atoms with Gasteiger partial charge in [-0.3, -0.25) is 0 Å². The van der Waals surface area contributed by atoms with Crippen molar-refractivity contribution in [2.45, 2.75) is 20.0 Å². The maximum Gasteiger partial charge on any atom is 0.129 e. The van der Waals surface area contributed by atoms with Crippen molar-refractivity contribution < 1.29 is 0 Å². The summed E-state index contributed by atoms with van der Waals surface area (Å²) in [5, 5.41) is 3.84. The Hall–Kier alpha value is -0.600. The number of aromatic nitrogens is 1. The van der Waals surface area contributed by atoms with Crippen molar-refractivity contribution in [2.24, 2.45) is 0 Å². The lowest BCUT2D eigenvalue weighted by atomic mass is 10.1. The molecule has 0 fully saturated rings. The maximum absolute atomic E-state index is 5.79. The molecule has 0 saturated carbocycles. The average molecular weight is 169 g/mol. The first-order valence-electron chi connectivity index (χ1n) is 3.63. The van der Waals surface area contributed by atoms with Crippen LogP contribution in [0.3, 0.4) is 0 Å². The Morgan fingerprint density at radius 2 is 2.36 bits per heavy atom. The standard InChI is InChI=1S/C8H9ClN2/c1-5-2-8(9)11-7-4-10-3-6(5)7/h2,10H,3-4H2,1H3. The summed E-state index contributed by atoms with van der Waals surface area (Å²) in [6, 6.07) is 1.91. The third-order valence-corrected chi connectivity index (χ3v) is 2.19. The van der Waals surface area contributed by atoms with Crippen LogP contribution in [0.4, 0.5) is 0 Å². The largest absolute Gasteiger partial charge is 0.307 e. The van der Waals surface area contributed by atoms with Gasteiger partial charge in [-0.05, 0) is 24.1 Å². The van der Waals surface area contributed by atoms with Gasteiger partial charge in [0.2, 0.25) is 0 Å². The summed E-state index contributed by atoms with van der Waals surface area (Å²) in [5.74, 6) is 0. The zero-order valence-corrected chi connectivity index (χ0v) is 7.07. The van der Waals surface area contributed by atoms with Crippen molar-refractivity contribution in [3.8, 4) is 0 Å². The highest BCUT2D eigenvalue weighted by Crippen LogP contribution is 2.20. The highest BCUT2D eigenvalue weighted by Gasteiger charge is 2.13. The molecule has 1 N–H and O–H groups in total. The number of pyridine rings is 1. The number of fused-ring (bicyclic) bond motifs is 1. The van der Waals surface area contributed by atoms with E-state index in [4.69, 9.17) is 11.6 Å². The van der Waals surface area contributed by atoms with E-state index in [9.17, 15) is 0 Å². The van der Waals surface area contributed by atoms with Crippen LogP contribution in [0, 0.1) is 6.92 Å². The number of nitrogens with one attached hydrogen (secondary N) is 1. The molecule has 0 unspecified atom stereocenters. The lowest BCUT2D eigenvalue weighted by molar-refractivity contribution is 0.757. The summed E-state index contributed by atoms with van der Waals surface area (Å²) in [5.41, 5.74) is 3.66. The predicted molar refractivity (Wildman–Crippen MR) is 44.5 cm³/mol. The summed E-state index contributed by atoms with van der Waals surface area (Å²) in [7, 11) is 0. The molecule has 0 radical (unpaired) electrons. The molecule has 58 valence electrons. The number of hydrogen-bond donors (Lipinski definition) is 1. The molecule has 1 aliphatic heterocycles. The predicted octanol–water partition coefficient (Wildman–Crippen LogP) is 1.65. The normalized spacial score (nSPS) is 15.1. The van der Waals surface area contributed by atoms with E-state index in [1.807, 2.05) is 6.07 Å². The molecular weight excluding hydrogens is 160 g/mol. The van der Waals surface area contributed by atoms with E-state index < -0.39 is 0 Å². The Morgan fingerprint density at radius 3 is 3.18 bits per heavy atom. The lowest BCUT2D eigenvalue weighted by Gasteiger charge is -2.01. The molecule has 2 rings (SSSR count). The third-order valence-electron chi connectivity index (χ3n) is 2.00. The number of halogens is 1. The van der Waals surface area contributed by atoms with Crippen molar-refractivity contribution in [2.75, 3.05) is 0 Å². The van der Waals surface area contributed by atoms with Crippen molar-refractivity contribution in [1.29, 1.82) is 0 Å². The minimum Gasteiger partial charge on any atom is -0.307 e. The number of aryl methyl sites for hydroxylation is 1. The van der Waals surface area contributed by atoms with Gasteiger partial charge in [-0.1, -0.05) is 11.6 Å². The molecular formula is C8H9ClN2. The lowest BCUT2D eigenvalue weighted by Crippen LogP contribution is -2.00. The quantitative estimate of drug-likeness (QED) is 0.596. The van der Waals surface area contributed by atoms with Gasteiger partial charge in [0.15, 0.2) is 0 Å². The first-order chi connectivity index (χ1) is 5.27. The highest BCUT2D eigenvalue weighted by molar-refractivity contribution is 6.29. The van der Waals surface area contributed by atoms with Crippen LogP contribution in [0.25, 0.3) is 0 Å². The summed E-state index contributed by atoms with van der Waals surface area (Å²) in [6.45, 7) is 3.86. The van der Waals surface area contributed by atoms with Crippen molar-refractivity contribution >= 4 is 11.6 Å². The Kier molecular flexibility index (Phi) is 1.59. The molecule has 0 spiro atoms. The molecule has 0 amide bonds. The van der Waals surface area contributed by atoms with E-state index in [0.29, 0.717) is 5.15 Å². The number of hydrogen-bond acceptors (Lipinski definition) is 2. The summed E-state index contributed by atoms with van der Waals surface area (Å²) in [6.07, 6.45) is 0. The van der Waals surface area contributed by atoms with Gasteiger partial charge in [0.1, 0.15) is 5.15 Å². The molecule has 0 bridgehead atoms. The van der Waals surface area contributed by atoms with E-state index in [1.165, 1.54) is 11.1 Å². The molecule has 3 heteroatoms. The summed E-state index contributed by atoms with van der Waals surface area (Å²) >= 11 is 5.79. The van der Waals surface area contributed by atoms with Gasteiger partial charge in [0.25, 0.3) is 0 Å². The Balaban J connectivity index is 2.60. The first kappa shape index (κ1) is 7.07. The van der Waals surface area contributed by atoms with Crippen LogP contribution in [0.1, 0.15) is 16.8 Å². The molecule has 2 heterocycles. The van der Waals surface area contributed by atoms with Crippen molar-refractivity contribution in [3.05, 3.63) is 28.0 Å². The van der Waals surface area contributed by atoms with E-state index in [1.54, 1.807) is 0 Å². The second kappa shape index (κ2) is 2.47. The number of rotatable bonds is 0. The zero-order valence-electron chi connectivity index (χ0n) is 6.32. The van der Waals surface area contributed by atoms with Gasteiger partial charge >= 0.3 is 0 Å². The fourth-order valence-electron chi connectivity index (χ4n) is 1.42. The van der Waals surface area contributed by atoms with Crippen LogP contribution in [-0.4, -0.2) is 4.98 Å². The maximum atomic E-state index is 5.79. The smallest absolute Gasteiger partial charge is 0.129 e. The van der Waals surface area contributed by atoms with Gasteiger partial charge in [-0.2, -0.15) is 0 Å². The zero-order chi connectivity index (χ0) is 7.84. The minimum atomic E-state index is 0.602. The van der Waals surface area contributed by atoms with Gasteiger partial charge in [0.05, 0.1) is 5.69 Å². The molecule has 1 aromatic heterocycles. The Morgan fingerprint density at radius 1 is 1.55 bits per heavy atom. The van der Waals surface area contributed by atoms with Gasteiger partial charge in [-0.25, -0.2) is 4.98 Å². The fraction of sp³-hybridized carbons (Fsp3) is 0.375. The van der Waals surface area contributed by atoms with Crippen LogP contribution in [0.2, 0.25) is 5.15 Å². The van der Waals surface area contributed by atoms with E-state index >= 15 is 0 Å². The van der Waals surface area contributed by atoms with Gasteiger partial charge in [0, 0.05) is 13.1 Å². The highest BCUT2D eigenvalue weighted by atomic mass is 35.5. The first-order valence-corrected chi connectivity index (χ1v) is 4.01. The summed E-state index contributed by atoms with van der Waals surface area (Å²) < 4.78 is 0.